The van der Waals surface area contributed by atoms with Crippen LogP contribution in [0, 0.1) is 12.3 Å². The van der Waals surface area contributed by atoms with Crippen molar-refractivity contribution >= 4 is 49.9 Å². The average molecular weight is 496 g/mol. The van der Waals surface area contributed by atoms with E-state index in [0.717, 1.165) is 31.0 Å². The van der Waals surface area contributed by atoms with Crippen molar-refractivity contribution in [3.8, 4) is 24.0 Å². The molecule has 0 bridgehead atoms. The predicted octanol–water partition coefficient (Wildman–Crippen LogP) is 4.46. The van der Waals surface area contributed by atoms with E-state index in [1.807, 2.05) is 0 Å². The summed E-state index contributed by atoms with van der Waals surface area (Å²) in [6.45, 7) is -0.0370. The summed E-state index contributed by atoms with van der Waals surface area (Å²) in [5, 5.41) is 3.42. The molecule has 0 aliphatic carbocycles. The molecular formula is C21H22ClN3O5S2. The van der Waals surface area contributed by atoms with E-state index in [1.165, 1.54) is 23.0 Å². The SMILES string of the molecule is C#CCOc1ccc(C(=O)c2cnn(C)c2OC(=O)SC)c(Cl)c1N=S1(=O)CCCCC1. The maximum absolute atomic E-state index is 13.3. The van der Waals surface area contributed by atoms with Crippen LogP contribution in [0.15, 0.2) is 22.7 Å². The van der Waals surface area contributed by atoms with Gasteiger partial charge in [-0.05, 0) is 43.0 Å². The van der Waals surface area contributed by atoms with Crippen LogP contribution < -0.4 is 9.47 Å². The van der Waals surface area contributed by atoms with Crippen LogP contribution in [-0.4, -0.2) is 49.4 Å². The van der Waals surface area contributed by atoms with Gasteiger partial charge in [0.05, 0.1) is 20.9 Å². The van der Waals surface area contributed by atoms with Crippen LogP contribution in [0.25, 0.3) is 0 Å². The van der Waals surface area contributed by atoms with Gasteiger partial charge < -0.3 is 9.47 Å². The Labute approximate surface area is 196 Å². The Bertz CT molecular complexity index is 1200. The lowest BCUT2D eigenvalue weighted by atomic mass is 10.0. The molecule has 2 aromatic rings. The van der Waals surface area contributed by atoms with E-state index in [9.17, 15) is 13.8 Å². The third-order valence-electron chi connectivity index (χ3n) is 4.79. The van der Waals surface area contributed by atoms with Gasteiger partial charge in [-0.1, -0.05) is 23.9 Å². The number of aromatic nitrogens is 2. The third kappa shape index (κ3) is 5.28. The maximum atomic E-state index is 13.3. The van der Waals surface area contributed by atoms with Gasteiger partial charge in [0.1, 0.15) is 23.6 Å². The minimum atomic E-state index is -2.53. The number of carbonyl (C=O) groups is 2. The number of halogens is 1. The Morgan fingerprint density at radius 3 is 2.69 bits per heavy atom. The molecule has 0 radical (unpaired) electrons. The van der Waals surface area contributed by atoms with Crippen molar-refractivity contribution in [3.63, 3.8) is 0 Å². The van der Waals surface area contributed by atoms with E-state index in [4.69, 9.17) is 27.5 Å². The maximum Gasteiger partial charge on any atom is 0.373 e. The number of ketones is 1. The highest BCUT2D eigenvalue weighted by atomic mass is 35.5. The summed E-state index contributed by atoms with van der Waals surface area (Å²) in [4.78, 5) is 25.0. The molecule has 32 heavy (non-hydrogen) atoms. The number of benzene rings is 1. The monoisotopic (exact) mass is 495 g/mol. The Kier molecular flexibility index (Phi) is 7.87. The first kappa shape index (κ1) is 24.2. The number of terminal acetylenes is 1. The molecule has 0 saturated carbocycles. The largest absolute Gasteiger partial charge is 0.479 e. The number of hydrogen-bond donors (Lipinski definition) is 0. The number of hydrogen-bond acceptors (Lipinski definition) is 8. The summed E-state index contributed by atoms with van der Waals surface area (Å²) in [7, 11) is -0.987. The van der Waals surface area contributed by atoms with Crippen LogP contribution >= 0.6 is 23.4 Å². The predicted molar refractivity (Wildman–Crippen MR) is 126 cm³/mol. The van der Waals surface area contributed by atoms with Crippen molar-refractivity contribution in [3.05, 3.63) is 34.5 Å². The van der Waals surface area contributed by atoms with E-state index in [0.29, 0.717) is 11.5 Å². The molecule has 1 saturated heterocycles. The normalized spacial score (nSPS) is 14.9. The number of aryl methyl sites for hydroxylation is 1. The Hall–Kier alpha value is -2.48. The van der Waals surface area contributed by atoms with Crippen LogP contribution in [0.3, 0.4) is 0 Å². The van der Waals surface area contributed by atoms with Gasteiger partial charge in [-0.3, -0.25) is 4.79 Å². The fraction of sp³-hybridized carbons (Fsp3) is 0.381. The van der Waals surface area contributed by atoms with Crippen molar-refractivity contribution < 1.29 is 23.3 Å². The summed E-state index contributed by atoms with van der Waals surface area (Å²) < 4.78 is 29.8. The lowest BCUT2D eigenvalue weighted by molar-refractivity contribution is 0.103. The van der Waals surface area contributed by atoms with E-state index in [2.05, 4.69) is 15.4 Å². The highest BCUT2D eigenvalue weighted by molar-refractivity contribution is 8.12. The van der Waals surface area contributed by atoms with Crippen LogP contribution in [-0.2, 0) is 16.8 Å². The molecule has 3 rings (SSSR count). The highest BCUT2D eigenvalue weighted by Gasteiger charge is 2.26. The Morgan fingerprint density at radius 1 is 1.31 bits per heavy atom. The topological polar surface area (TPSA) is 99.8 Å². The third-order valence-corrected chi connectivity index (χ3v) is 7.96. The standard InChI is InChI=1S/C21H22ClN3O5S2/c1-4-10-29-16-9-8-14(17(22)18(16)24-32(28)11-6-5-7-12-32)19(26)15-13-23-25(2)20(15)30-21(27)31-3/h1,8-9,13H,5-7,10-12H2,2-3H3. The number of nitrogens with zero attached hydrogens (tertiary/aromatic N) is 3. The fourth-order valence-corrected chi connectivity index (χ4v) is 5.91. The zero-order valence-electron chi connectivity index (χ0n) is 17.6. The van der Waals surface area contributed by atoms with Gasteiger partial charge in [-0.15, -0.1) is 6.42 Å². The molecule has 11 heteroatoms. The molecule has 0 unspecified atom stereocenters. The first-order valence-corrected chi connectivity index (χ1v) is 13.2. The zero-order valence-corrected chi connectivity index (χ0v) is 20.0. The number of ether oxygens (including phenoxy) is 2. The second kappa shape index (κ2) is 10.4. The van der Waals surface area contributed by atoms with Gasteiger partial charge in [0.15, 0.2) is 0 Å². The zero-order chi connectivity index (χ0) is 23.3. The van der Waals surface area contributed by atoms with Crippen LogP contribution in [0.2, 0.25) is 5.02 Å². The smallest absolute Gasteiger partial charge is 0.373 e. The van der Waals surface area contributed by atoms with E-state index in [1.54, 1.807) is 13.3 Å². The molecule has 1 aromatic heterocycles. The Balaban J connectivity index is 2.10. The van der Waals surface area contributed by atoms with Crippen LogP contribution in [0.4, 0.5) is 10.5 Å². The Morgan fingerprint density at radius 2 is 2.03 bits per heavy atom. The summed E-state index contributed by atoms with van der Waals surface area (Å²) in [5.74, 6) is 2.99. The van der Waals surface area contributed by atoms with Crippen molar-refractivity contribution in [2.45, 2.75) is 19.3 Å². The molecule has 8 nitrogen and oxygen atoms in total. The minimum Gasteiger partial charge on any atom is -0.479 e. The highest BCUT2D eigenvalue weighted by Crippen LogP contribution is 2.41. The van der Waals surface area contributed by atoms with Gasteiger partial charge in [-0.2, -0.15) is 9.46 Å². The number of thioether (sulfide) groups is 1. The fourth-order valence-electron chi connectivity index (χ4n) is 3.20. The summed E-state index contributed by atoms with van der Waals surface area (Å²) in [6.07, 6.45) is 10.8. The molecule has 0 N–H and O–H groups in total. The summed E-state index contributed by atoms with van der Waals surface area (Å²) in [5.41, 5.74) is 0.278. The molecule has 2 heterocycles. The minimum absolute atomic E-state index is 0.00485. The second-order valence-electron chi connectivity index (χ2n) is 6.97. The van der Waals surface area contributed by atoms with E-state index in [-0.39, 0.29) is 40.1 Å². The van der Waals surface area contributed by atoms with E-state index >= 15 is 0 Å². The number of rotatable bonds is 6. The lowest BCUT2D eigenvalue weighted by Crippen LogP contribution is -2.16. The molecule has 1 aromatic carbocycles. The van der Waals surface area contributed by atoms with Gasteiger partial charge in [0, 0.05) is 24.1 Å². The van der Waals surface area contributed by atoms with Crippen LogP contribution in [0.1, 0.15) is 35.2 Å². The van der Waals surface area contributed by atoms with Crippen molar-refractivity contribution in [2.24, 2.45) is 11.4 Å². The first-order valence-electron chi connectivity index (χ1n) is 9.73. The first-order chi connectivity index (χ1) is 15.3. The van der Waals surface area contributed by atoms with Crippen LogP contribution in [0.5, 0.6) is 11.6 Å². The summed E-state index contributed by atoms with van der Waals surface area (Å²) in [6, 6.07) is 2.99. The number of carbonyl (C=O) groups excluding carboxylic acids is 2. The molecular weight excluding hydrogens is 474 g/mol. The van der Waals surface area contributed by atoms with E-state index < -0.39 is 20.8 Å². The van der Waals surface area contributed by atoms with Crippen molar-refractivity contribution in [1.82, 2.24) is 9.78 Å². The lowest BCUT2D eigenvalue weighted by Gasteiger charge is -2.17. The molecule has 1 fully saturated rings. The van der Waals surface area contributed by atoms with Gasteiger partial charge in [-0.25, -0.2) is 13.7 Å². The average Bonchev–Trinajstić information content (AvgIpc) is 3.14. The molecule has 1 aliphatic rings. The quantitative estimate of drug-likeness (QED) is 0.331. The molecule has 0 amide bonds. The van der Waals surface area contributed by atoms with Crippen molar-refractivity contribution in [2.75, 3.05) is 24.4 Å². The van der Waals surface area contributed by atoms with Gasteiger partial charge in [0.2, 0.25) is 11.7 Å². The molecule has 1 aliphatic heterocycles. The van der Waals surface area contributed by atoms with Gasteiger partial charge >= 0.3 is 5.30 Å². The molecule has 0 spiro atoms. The summed E-state index contributed by atoms with van der Waals surface area (Å²) >= 11 is 7.46. The molecule has 170 valence electrons. The van der Waals surface area contributed by atoms with Crippen molar-refractivity contribution in [1.29, 1.82) is 0 Å². The van der Waals surface area contributed by atoms with Gasteiger partial charge in [0.25, 0.3) is 0 Å². The molecule has 0 atom stereocenters. The second-order valence-corrected chi connectivity index (χ2v) is 10.6.